The Morgan fingerprint density at radius 2 is 1.33 bits per heavy atom. The number of nitrogens with one attached hydrogen (secondary N) is 2. The Labute approximate surface area is 108 Å². The molecule has 0 heterocycles. The Morgan fingerprint density at radius 1 is 0.944 bits per heavy atom. The molecule has 18 heavy (non-hydrogen) atoms. The monoisotopic (exact) mass is 258 g/mol. The smallest absolute Gasteiger partial charge is 0.328 e. The maximum absolute atomic E-state index is 11.3. The molecule has 0 unspecified atom stereocenters. The van der Waals surface area contributed by atoms with Crippen LogP contribution in [0.5, 0.6) is 0 Å². The summed E-state index contributed by atoms with van der Waals surface area (Å²) < 4.78 is 0. The van der Waals surface area contributed by atoms with Crippen molar-refractivity contribution in [2.24, 2.45) is 0 Å². The van der Waals surface area contributed by atoms with Crippen molar-refractivity contribution in [1.29, 1.82) is 0 Å². The molecule has 0 amide bonds. The Hall–Kier alpha value is -1.40. The van der Waals surface area contributed by atoms with E-state index in [2.05, 4.69) is 17.5 Å². The Bertz CT molecular complexity index is 253. The molecule has 0 aliphatic carbocycles. The number of carbonyl (C=O) groups is 2. The van der Waals surface area contributed by atoms with Gasteiger partial charge in [0.1, 0.15) is 0 Å². The molecule has 6 heteroatoms. The topological polar surface area (TPSA) is 76.7 Å². The first-order chi connectivity index (χ1) is 8.60. The molecule has 0 spiro atoms. The van der Waals surface area contributed by atoms with Gasteiger partial charge in [-0.05, 0) is 12.8 Å². The van der Waals surface area contributed by atoms with Crippen molar-refractivity contribution in [1.82, 2.24) is 11.0 Å². The zero-order valence-corrected chi connectivity index (χ0v) is 11.1. The van der Waals surface area contributed by atoms with E-state index in [-0.39, 0.29) is 12.8 Å². The lowest BCUT2D eigenvalue weighted by atomic mass is 10.1. The van der Waals surface area contributed by atoms with Crippen molar-refractivity contribution in [2.45, 2.75) is 39.5 Å². The van der Waals surface area contributed by atoms with E-state index < -0.39 is 11.9 Å². The highest BCUT2D eigenvalue weighted by molar-refractivity contribution is 5.77. The minimum atomic E-state index is -0.456. The van der Waals surface area contributed by atoms with Crippen molar-refractivity contribution >= 4 is 11.9 Å². The molecule has 0 atom stereocenters. The molecular weight excluding hydrogens is 236 g/mol. The molecule has 0 aliphatic heterocycles. The number of hydroxylamine groups is 2. The van der Waals surface area contributed by atoms with Gasteiger partial charge in [-0.1, -0.05) is 26.0 Å². The Morgan fingerprint density at radius 3 is 1.67 bits per heavy atom. The quantitative estimate of drug-likeness (QED) is 0.349. The molecule has 0 saturated heterocycles. The predicted octanol–water partition coefficient (Wildman–Crippen LogP) is 1.24. The van der Waals surface area contributed by atoms with Gasteiger partial charge in [0.15, 0.2) is 0 Å². The first-order valence-corrected chi connectivity index (χ1v) is 6.11. The minimum Gasteiger partial charge on any atom is -0.370 e. The lowest BCUT2D eigenvalue weighted by Crippen LogP contribution is -2.22. The zero-order chi connectivity index (χ0) is 13.8. The van der Waals surface area contributed by atoms with E-state index in [9.17, 15) is 9.59 Å². The molecule has 0 aromatic carbocycles. The van der Waals surface area contributed by atoms with Crippen LogP contribution in [0.1, 0.15) is 39.5 Å². The van der Waals surface area contributed by atoms with Crippen LogP contribution in [0.2, 0.25) is 0 Å². The van der Waals surface area contributed by atoms with Crippen LogP contribution in [0.3, 0.4) is 0 Å². The van der Waals surface area contributed by atoms with Crippen LogP contribution in [0.25, 0.3) is 0 Å². The van der Waals surface area contributed by atoms with Crippen LogP contribution in [0.15, 0.2) is 12.2 Å². The molecule has 2 N–H and O–H groups in total. The molecule has 0 bridgehead atoms. The van der Waals surface area contributed by atoms with Crippen LogP contribution in [-0.4, -0.2) is 25.0 Å². The number of hydrogen-bond donors (Lipinski definition) is 2. The molecule has 0 aliphatic rings. The highest BCUT2D eigenvalue weighted by Gasteiger charge is 2.11. The van der Waals surface area contributed by atoms with Crippen LogP contribution in [0, 0.1) is 0 Å². The molecule has 0 rings (SSSR count). The summed E-state index contributed by atoms with van der Waals surface area (Å²) in [7, 11) is 0. The molecule has 104 valence electrons. The molecule has 6 nitrogen and oxygen atoms in total. The highest BCUT2D eigenvalue weighted by atomic mass is 16.7. The summed E-state index contributed by atoms with van der Waals surface area (Å²) in [5, 5.41) is 0. The van der Waals surface area contributed by atoms with Gasteiger partial charge in [-0.3, -0.25) is 9.59 Å². The van der Waals surface area contributed by atoms with Crippen LogP contribution >= 0.6 is 0 Å². The van der Waals surface area contributed by atoms with E-state index in [0.717, 1.165) is 12.8 Å². The molecule has 0 radical (unpaired) electrons. The Kier molecular flexibility index (Phi) is 9.90. The second-order valence-electron chi connectivity index (χ2n) is 3.84. The SMILES string of the molecule is C=C(CC(=O)ONCCC)CC(=O)ONCCC. The lowest BCUT2D eigenvalue weighted by Gasteiger charge is -2.07. The van der Waals surface area contributed by atoms with Crippen LogP contribution in [0.4, 0.5) is 0 Å². The minimum absolute atomic E-state index is 0.000405. The lowest BCUT2D eigenvalue weighted by molar-refractivity contribution is -0.151. The van der Waals surface area contributed by atoms with Crippen molar-refractivity contribution in [3.05, 3.63) is 12.2 Å². The molecule has 0 saturated carbocycles. The van der Waals surface area contributed by atoms with E-state index in [1.807, 2.05) is 13.8 Å². The average molecular weight is 258 g/mol. The third kappa shape index (κ3) is 9.80. The van der Waals surface area contributed by atoms with Gasteiger partial charge in [0.05, 0.1) is 12.8 Å². The second kappa shape index (κ2) is 10.7. The van der Waals surface area contributed by atoms with Gasteiger partial charge in [-0.2, -0.15) is 11.0 Å². The molecule has 0 aromatic heterocycles. The first-order valence-electron chi connectivity index (χ1n) is 6.11. The van der Waals surface area contributed by atoms with Gasteiger partial charge < -0.3 is 9.68 Å². The number of carbonyl (C=O) groups excluding carboxylic acids is 2. The van der Waals surface area contributed by atoms with Crippen molar-refractivity contribution in [2.75, 3.05) is 13.1 Å². The second-order valence-corrected chi connectivity index (χ2v) is 3.84. The summed E-state index contributed by atoms with van der Waals surface area (Å²) in [5.74, 6) is -0.912. The summed E-state index contributed by atoms with van der Waals surface area (Å²) in [6.07, 6.45) is 1.73. The van der Waals surface area contributed by atoms with Gasteiger partial charge in [-0.15, -0.1) is 0 Å². The molecule has 0 aromatic rings. The van der Waals surface area contributed by atoms with Gasteiger partial charge in [-0.25, -0.2) is 0 Å². The maximum Gasteiger partial charge on any atom is 0.328 e. The van der Waals surface area contributed by atoms with Crippen LogP contribution < -0.4 is 11.0 Å². The largest absolute Gasteiger partial charge is 0.370 e. The third-order valence-corrected chi connectivity index (χ3v) is 1.86. The summed E-state index contributed by atoms with van der Waals surface area (Å²) in [6.45, 7) is 8.75. The van der Waals surface area contributed by atoms with E-state index in [1.165, 1.54) is 0 Å². The fraction of sp³-hybridized carbons (Fsp3) is 0.667. The molecular formula is C12H22N2O4. The standard InChI is InChI=1S/C12H22N2O4/c1-4-6-13-17-11(15)8-10(3)9-12(16)18-14-7-5-2/h13-14H,3-9H2,1-2H3. The number of hydrogen-bond acceptors (Lipinski definition) is 6. The fourth-order valence-electron chi connectivity index (χ4n) is 1.01. The van der Waals surface area contributed by atoms with Gasteiger partial charge in [0.25, 0.3) is 0 Å². The van der Waals surface area contributed by atoms with E-state index in [0.29, 0.717) is 18.7 Å². The zero-order valence-electron chi connectivity index (χ0n) is 11.1. The Balaban J connectivity index is 3.68. The average Bonchev–Trinajstić information content (AvgIpc) is 2.29. The van der Waals surface area contributed by atoms with Crippen molar-refractivity contribution in [3.63, 3.8) is 0 Å². The summed E-state index contributed by atoms with van der Waals surface area (Å²) in [5.41, 5.74) is 5.49. The first kappa shape index (κ1) is 16.6. The summed E-state index contributed by atoms with van der Waals surface area (Å²) >= 11 is 0. The van der Waals surface area contributed by atoms with Gasteiger partial charge in [0.2, 0.25) is 0 Å². The van der Waals surface area contributed by atoms with Gasteiger partial charge >= 0.3 is 11.9 Å². The predicted molar refractivity (Wildman–Crippen MR) is 67.1 cm³/mol. The fourth-order valence-corrected chi connectivity index (χ4v) is 1.01. The summed E-state index contributed by atoms with van der Waals surface area (Å²) in [4.78, 5) is 31.9. The molecule has 0 fully saturated rings. The van der Waals surface area contributed by atoms with E-state index in [1.54, 1.807) is 0 Å². The number of rotatable bonds is 10. The van der Waals surface area contributed by atoms with Gasteiger partial charge in [0, 0.05) is 13.1 Å². The normalized spacial score (nSPS) is 9.89. The van der Waals surface area contributed by atoms with E-state index >= 15 is 0 Å². The van der Waals surface area contributed by atoms with E-state index in [4.69, 9.17) is 9.68 Å². The third-order valence-electron chi connectivity index (χ3n) is 1.86. The maximum atomic E-state index is 11.3. The summed E-state index contributed by atoms with van der Waals surface area (Å²) in [6, 6.07) is 0. The van der Waals surface area contributed by atoms with Crippen molar-refractivity contribution < 1.29 is 19.3 Å². The van der Waals surface area contributed by atoms with Crippen LogP contribution in [-0.2, 0) is 19.3 Å². The highest BCUT2D eigenvalue weighted by Crippen LogP contribution is 2.05. The van der Waals surface area contributed by atoms with Crippen molar-refractivity contribution in [3.8, 4) is 0 Å².